The predicted molar refractivity (Wildman–Crippen MR) is 126 cm³/mol. The Hall–Kier alpha value is -4.14. The van der Waals surface area contributed by atoms with E-state index in [1.807, 2.05) is 42.5 Å². The van der Waals surface area contributed by atoms with Crippen LogP contribution in [0.4, 0.5) is 22.1 Å². The van der Waals surface area contributed by atoms with Gasteiger partial charge in [0.1, 0.15) is 23.3 Å². The van der Waals surface area contributed by atoms with Crippen molar-refractivity contribution in [2.45, 2.75) is 19.5 Å². The Balaban J connectivity index is 1.55. The zero-order chi connectivity index (χ0) is 22.5. The van der Waals surface area contributed by atoms with Crippen molar-refractivity contribution in [1.29, 1.82) is 0 Å². The number of nitrogens with one attached hydrogen (secondary N) is 4. The minimum Gasteiger partial charge on any atom is -0.363 e. The number of hydrogen-bond acceptors (Lipinski definition) is 6. The van der Waals surface area contributed by atoms with Gasteiger partial charge in [0.2, 0.25) is 0 Å². The Bertz CT molecular complexity index is 1210. The first-order valence-corrected chi connectivity index (χ1v) is 10.3. The third-order valence-corrected chi connectivity index (χ3v) is 5.05. The van der Waals surface area contributed by atoms with E-state index >= 15 is 0 Å². The van der Waals surface area contributed by atoms with E-state index in [4.69, 9.17) is 0 Å². The van der Waals surface area contributed by atoms with Crippen LogP contribution in [0.2, 0.25) is 0 Å². The number of amides is 2. The molecule has 0 saturated heterocycles. The maximum atomic E-state index is 11.8. The average molecular weight is 431 g/mol. The molecule has 164 valence electrons. The van der Waals surface area contributed by atoms with Gasteiger partial charge in [0.15, 0.2) is 5.65 Å². The summed E-state index contributed by atoms with van der Waals surface area (Å²) in [5.74, 6) is 1.38. The van der Waals surface area contributed by atoms with Crippen molar-refractivity contribution >= 4 is 34.4 Å². The summed E-state index contributed by atoms with van der Waals surface area (Å²) in [5, 5.41) is 17.8. The number of aromatic nitrogens is 4. The fourth-order valence-electron chi connectivity index (χ4n) is 3.33. The third kappa shape index (κ3) is 4.77. The van der Waals surface area contributed by atoms with E-state index in [1.165, 1.54) is 11.2 Å². The van der Waals surface area contributed by atoms with E-state index in [-0.39, 0.29) is 12.1 Å². The Morgan fingerprint density at radius 3 is 2.69 bits per heavy atom. The quantitative estimate of drug-likeness (QED) is 0.352. The van der Waals surface area contributed by atoms with E-state index in [0.717, 1.165) is 22.2 Å². The number of fused-ring (bicyclic) bond motifs is 1. The van der Waals surface area contributed by atoms with Crippen molar-refractivity contribution in [1.82, 2.24) is 30.4 Å². The Kier molecular flexibility index (Phi) is 6.16. The lowest BCUT2D eigenvalue weighted by Gasteiger charge is -2.16. The number of carbonyl (C=O) groups is 1. The molecule has 0 aliphatic heterocycles. The Morgan fingerprint density at radius 1 is 1.09 bits per heavy atom. The molecule has 4 aromatic rings. The number of aromatic amines is 1. The van der Waals surface area contributed by atoms with Crippen LogP contribution in [0.25, 0.3) is 11.0 Å². The van der Waals surface area contributed by atoms with Gasteiger partial charge in [0, 0.05) is 32.4 Å². The summed E-state index contributed by atoms with van der Waals surface area (Å²) < 4.78 is 0. The van der Waals surface area contributed by atoms with Gasteiger partial charge in [-0.1, -0.05) is 42.5 Å². The molecule has 2 heterocycles. The van der Waals surface area contributed by atoms with Gasteiger partial charge in [-0.2, -0.15) is 5.10 Å². The van der Waals surface area contributed by atoms with E-state index in [1.54, 1.807) is 14.1 Å². The van der Waals surface area contributed by atoms with E-state index in [0.29, 0.717) is 23.8 Å². The molecule has 0 aliphatic carbocycles. The normalized spacial score (nSPS) is 11.7. The largest absolute Gasteiger partial charge is 0.363 e. The molecule has 2 amide bonds. The molecular weight excluding hydrogens is 404 g/mol. The standard InChI is InChI=1S/C23H26N8O/c1-15(17-9-5-4-6-10-17)27-20-19-21(26-14-25-20)29-30-22(19)28-18-11-7-8-16(12-18)13-24-23(32)31(2)3/h4-12,14-15H,13H2,1-3H3,(H,24,32)(H3,25,26,27,28,29,30)/t15-/m1/s1. The molecule has 0 fully saturated rings. The minimum atomic E-state index is -0.136. The molecule has 2 aromatic heterocycles. The highest BCUT2D eigenvalue weighted by Crippen LogP contribution is 2.30. The fourth-order valence-corrected chi connectivity index (χ4v) is 3.33. The van der Waals surface area contributed by atoms with Crippen LogP contribution in [0.1, 0.15) is 24.1 Å². The van der Waals surface area contributed by atoms with Crippen LogP contribution >= 0.6 is 0 Å². The fraction of sp³-hybridized carbons (Fsp3) is 0.217. The first-order valence-electron chi connectivity index (χ1n) is 10.3. The molecular formula is C23H26N8O. The van der Waals surface area contributed by atoms with Crippen LogP contribution in [0, 0.1) is 0 Å². The number of anilines is 3. The van der Waals surface area contributed by atoms with Crippen molar-refractivity contribution in [2.24, 2.45) is 0 Å². The zero-order valence-corrected chi connectivity index (χ0v) is 18.3. The van der Waals surface area contributed by atoms with Gasteiger partial charge in [-0.05, 0) is 30.2 Å². The molecule has 0 aliphatic rings. The molecule has 2 aromatic carbocycles. The highest BCUT2D eigenvalue weighted by atomic mass is 16.2. The van der Waals surface area contributed by atoms with Gasteiger partial charge in [-0.3, -0.25) is 5.10 Å². The molecule has 4 N–H and O–H groups in total. The zero-order valence-electron chi connectivity index (χ0n) is 18.3. The topological polar surface area (TPSA) is 111 Å². The van der Waals surface area contributed by atoms with Gasteiger partial charge < -0.3 is 20.9 Å². The molecule has 9 heteroatoms. The van der Waals surface area contributed by atoms with Crippen LogP contribution in [-0.2, 0) is 6.54 Å². The van der Waals surface area contributed by atoms with E-state index in [9.17, 15) is 4.79 Å². The van der Waals surface area contributed by atoms with E-state index < -0.39 is 0 Å². The third-order valence-electron chi connectivity index (χ3n) is 5.05. The summed E-state index contributed by atoms with van der Waals surface area (Å²) in [4.78, 5) is 22.0. The van der Waals surface area contributed by atoms with Crippen LogP contribution in [0.5, 0.6) is 0 Å². The molecule has 0 bridgehead atoms. The molecule has 0 saturated carbocycles. The molecule has 0 radical (unpaired) electrons. The summed E-state index contributed by atoms with van der Waals surface area (Å²) in [7, 11) is 3.42. The van der Waals surface area contributed by atoms with Crippen LogP contribution < -0.4 is 16.0 Å². The molecule has 0 unspecified atom stereocenters. The van der Waals surface area contributed by atoms with Crippen LogP contribution in [0.3, 0.4) is 0 Å². The minimum absolute atomic E-state index is 0.0562. The Morgan fingerprint density at radius 2 is 1.91 bits per heavy atom. The van der Waals surface area contributed by atoms with Gasteiger partial charge in [-0.15, -0.1) is 0 Å². The molecule has 9 nitrogen and oxygen atoms in total. The lowest BCUT2D eigenvalue weighted by molar-refractivity contribution is 0.217. The summed E-state index contributed by atoms with van der Waals surface area (Å²) >= 11 is 0. The summed E-state index contributed by atoms with van der Waals surface area (Å²) in [6, 6.07) is 17.9. The van der Waals surface area contributed by atoms with Crippen molar-refractivity contribution in [3.05, 3.63) is 72.1 Å². The summed E-state index contributed by atoms with van der Waals surface area (Å²) in [5.41, 5.74) is 3.56. The number of nitrogens with zero attached hydrogens (tertiary/aromatic N) is 4. The second-order valence-corrected chi connectivity index (χ2v) is 7.67. The first-order chi connectivity index (χ1) is 15.5. The second kappa shape index (κ2) is 9.34. The van der Waals surface area contributed by atoms with Gasteiger partial charge >= 0.3 is 6.03 Å². The molecule has 1 atom stereocenters. The lowest BCUT2D eigenvalue weighted by Crippen LogP contribution is -2.33. The molecule has 32 heavy (non-hydrogen) atoms. The summed E-state index contributed by atoms with van der Waals surface area (Å²) in [6.45, 7) is 2.52. The highest BCUT2D eigenvalue weighted by molar-refractivity contribution is 5.97. The monoisotopic (exact) mass is 430 g/mol. The first kappa shape index (κ1) is 21.1. The maximum absolute atomic E-state index is 11.8. The second-order valence-electron chi connectivity index (χ2n) is 7.67. The van der Waals surface area contributed by atoms with Crippen molar-refractivity contribution < 1.29 is 4.79 Å². The summed E-state index contributed by atoms with van der Waals surface area (Å²) in [6.07, 6.45) is 1.50. The average Bonchev–Trinajstić information content (AvgIpc) is 3.22. The number of benzene rings is 2. The lowest BCUT2D eigenvalue weighted by atomic mass is 10.1. The van der Waals surface area contributed by atoms with Crippen molar-refractivity contribution in [2.75, 3.05) is 24.7 Å². The smallest absolute Gasteiger partial charge is 0.317 e. The van der Waals surface area contributed by atoms with Crippen LogP contribution in [-0.4, -0.2) is 45.2 Å². The number of rotatable bonds is 7. The van der Waals surface area contributed by atoms with Gasteiger partial charge in [-0.25, -0.2) is 14.8 Å². The number of hydrogen-bond donors (Lipinski definition) is 4. The highest BCUT2D eigenvalue weighted by Gasteiger charge is 2.15. The molecule has 0 spiro atoms. The predicted octanol–water partition coefficient (Wildman–Crippen LogP) is 4.04. The van der Waals surface area contributed by atoms with Gasteiger partial charge in [0.25, 0.3) is 0 Å². The molecule has 4 rings (SSSR count). The van der Waals surface area contributed by atoms with Crippen LogP contribution in [0.15, 0.2) is 60.9 Å². The van der Waals surface area contributed by atoms with Gasteiger partial charge in [0.05, 0.1) is 0 Å². The maximum Gasteiger partial charge on any atom is 0.317 e. The number of H-pyrrole nitrogens is 1. The van der Waals surface area contributed by atoms with E-state index in [2.05, 4.69) is 55.2 Å². The SMILES string of the molecule is C[C@@H](Nc1ncnc2n[nH]c(Nc3cccc(CNC(=O)N(C)C)c3)c12)c1ccccc1. The number of carbonyl (C=O) groups excluding carboxylic acids is 1. The van der Waals surface area contributed by atoms with Crippen molar-refractivity contribution in [3.63, 3.8) is 0 Å². The number of urea groups is 1. The Labute approximate surface area is 186 Å². The van der Waals surface area contributed by atoms with Crippen molar-refractivity contribution in [3.8, 4) is 0 Å².